The largest absolute Gasteiger partial charge is 0.465 e. The molecule has 0 aromatic carbocycles. The zero-order valence-corrected chi connectivity index (χ0v) is 10.8. The van der Waals surface area contributed by atoms with Crippen LogP contribution < -0.4 is 5.32 Å². The van der Waals surface area contributed by atoms with E-state index in [9.17, 15) is 0 Å². The first-order chi connectivity index (χ1) is 8.38. The number of allylic oxidation sites excluding steroid dienone is 1. The maximum Gasteiger partial charge on any atom is 0.117 e. The molecule has 0 atom stereocenters. The first-order valence-corrected chi connectivity index (χ1v) is 6.84. The van der Waals surface area contributed by atoms with Gasteiger partial charge in [-0.2, -0.15) is 0 Å². The number of nitrogens with one attached hydrogen (secondary N) is 1. The summed E-state index contributed by atoms with van der Waals surface area (Å²) in [6.45, 7) is 4.03. The van der Waals surface area contributed by atoms with Crippen LogP contribution in [0, 0.1) is 0 Å². The van der Waals surface area contributed by atoms with E-state index in [1.54, 1.807) is 5.57 Å². The van der Waals surface area contributed by atoms with Gasteiger partial charge in [0.1, 0.15) is 11.5 Å². The Bertz CT molecular complexity index is 365. The molecule has 1 aliphatic rings. The predicted octanol–water partition coefficient (Wildman–Crippen LogP) is 3.82. The zero-order valence-electron chi connectivity index (χ0n) is 10.8. The van der Waals surface area contributed by atoms with Crippen LogP contribution in [0.5, 0.6) is 0 Å². The molecule has 2 heteroatoms. The van der Waals surface area contributed by atoms with Crippen molar-refractivity contribution in [1.82, 2.24) is 5.32 Å². The summed E-state index contributed by atoms with van der Waals surface area (Å²) in [5.41, 5.74) is 1.64. The highest BCUT2D eigenvalue weighted by atomic mass is 16.3. The fourth-order valence-electron chi connectivity index (χ4n) is 2.30. The molecule has 17 heavy (non-hydrogen) atoms. The van der Waals surface area contributed by atoms with E-state index in [2.05, 4.69) is 30.4 Å². The van der Waals surface area contributed by atoms with Gasteiger partial charge in [-0.15, -0.1) is 0 Å². The van der Waals surface area contributed by atoms with E-state index in [0.717, 1.165) is 31.0 Å². The Kier molecular flexibility index (Phi) is 4.87. The van der Waals surface area contributed by atoms with Crippen molar-refractivity contribution in [2.75, 3.05) is 6.54 Å². The van der Waals surface area contributed by atoms with Gasteiger partial charge >= 0.3 is 0 Å². The number of rotatable bonds is 6. The van der Waals surface area contributed by atoms with E-state index in [1.807, 2.05) is 0 Å². The molecule has 0 fully saturated rings. The quantitative estimate of drug-likeness (QED) is 0.597. The molecule has 0 aliphatic heterocycles. The minimum Gasteiger partial charge on any atom is -0.465 e. The van der Waals surface area contributed by atoms with Gasteiger partial charge < -0.3 is 9.73 Å². The monoisotopic (exact) mass is 233 g/mol. The lowest BCUT2D eigenvalue weighted by Crippen LogP contribution is -2.15. The van der Waals surface area contributed by atoms with E-state index in [1.165, 1.54) is 32.1 Å². The second-order valence-electron chi connectivity index (χ2n) is 4.76. The van der Waals surface area contributed by atoms with E-state index in [0.29, 0.717) is 0 Å². The molecule has 0 saturated carbocycles. The van der Waals surface area contributed by atoms with Crippen molar-refractivity contribution >= 4 is 0 Å². The van der Waals surface area contributed by atoms with E-state index >= 15 is 0 Å². The van der Waals surface area contributed by atoms with Crippen LogP contribution in [0.1, 0.15) is 50.5 Å². The fraction of sp³-hybridized carbons (Fsp3) is 0.600. The molecule has 1 heterocycles. The van der Waals surface area contributed by atoms with Gasteiger partial charge in [-0.3, -0.25) is 0 Å². The van der Waals surface area contributed by atoms with Crippen molar-refractivity contribution in [2.24, 2.45) is 0 Å². The average molecular weight is 233 g/mol. The summed E-state index contributed by atoms with van der Waals surface area (Å²) in [5.74, 6) is 2.14. The Labute approximate surface area is 104 Å². The first-order valence-electron chi connectivity index (χ1n) is 6.84. The van der Waals surface area contributed by atoms with Crippen LogP contribution in [0.15, 0.2) is 28.2 Å². The van der Waals surface area contributed by atoms with Gasteiger partial charge in [0, 0.05) is 6.42 Å². The average Bonchev–Trinajstić information content (AvgIpc) is 2.84. The van der Waals surface area contributed by atoms with E-state index < -0.39 is 0 Å². The maximum absolute atomic E-state index is 5.65. The number of furan rings is 1. The summed E-state index contributed by atoms with van der Waals surface area (Å²) in [5, 5.41) is 3.45. The molecule has 2 nitrogen and oxygen atoms in total. The first kappa shape index (κ1) is 12.4. The van der Waals surface area contributed by atoms with Crippen molar-refractivity contribution < 1.29 is 4.42 Å². The van der Waals surface area contributed by atoms with Crippen LogP contribution in [0.3, 0.4) is 0 Å². The lowest BCUT2D eigenvalue weighted by molar-refractivity contribution is 0.450. The highest BCUT2D eigenvalue weighted by molar-refractivity contribution is 5.07. The minimum absolute atomic E-state index is 0.854. The third-order valence-corrected chi connectivity index (χ3v) is 3.37. The molecule has 1 aromatic rings. The molecule has 0 bridgehead atoms. The molecule has 0 unspecified atom stereocenters. The second-order valence-corrected chi connectivity index (χ2v) is 4.76. The van der Waals surface area contributed by atoms with Crippen LogP contribution in [0.25, 0.3) is 0 Å². The predicted molar refractivity (Wildman–Crippen MR) is 71.0 cm³/mol. The maximum atomic E-state index is 5.65. The Morgan fingerprint density at radius 3 is 2.82 bits per heavy atom. The van der Waals surface area contributed by atoms with Crippen molar-refractivity contribution in [2.45, 2.75) is 52.0 Å². The van der Waals surface area contributed by atoms with Crippen LogP contribution in [-0.4, -0.2) is 6.54 Å². The summed E-state index contributed by atoms with van der Waals surface area (Å²) < 4.78 is 5.65. The number of aryl methyl sites for hydroxylation is 1. The summed E-state index contributed by atoms with van der Waals surface area (Å²) >= 11 is 0. The molecule has 0 amide bonds. The smallest absolute Gasteiger partial charge is 0.117 e. The third kappa shape index (κ3) is 4.04. The Balaban J connectivity index is 1.64. The van der Waals surface area contributed by atoms with Crippen LogP contribution in [0.4, 0.5) is 0 Å². The Hall–Kier alpha value is -1.02. The molecule has 1 aromatic heterocycles. The van der Waals surface area contributed by atoms with Crippen molar-refractivity contribution in [3.05, 3.63) is 35.3 Å². The highest BCUT2D eigenvalue weighted by Gasteiger charge is 2.03. The van der Waals surface area contributed by atoms with Crippen LogP contribution >= 0.6 is 0 Å². The van der Waals surface area contributed by atoms with Gasteiger partial charge in [0.2, 0.25) is 0 Å². The summed E-state index contributed by atoms with van der Waals surface area (Å²) in [7, 11) is 0. The topological polar surface area (TPSA) is 25.2 Å². The zero-order chi connectivity index (χ0) is 11.9. The summed E-state index contributed by atoms with van der Waals surface area (Å²) in [6.07, 6.45) is 9.95. The van der Waals surface area contributed by atoms with Gasteiger partial charge in [0.05, 0.1) is 6.54 Å². The third-order valence-electron chi connectivity index (χ3n) is 3.37. The standard InChI is InChI=1S/C15H23NO/c1-2-14-8-9-15(17-14)12-16-11-10-13-6-4-3-5-7-13/h6,8-9,16H,2-5,7,10-12H2,1H3. The molecule has 1 aliphatic carbocycles. The Morgan fingerprint density at radius 2 is 2.12 bits per heavy atom. The van der Waals surface area contributed by atoms with Gasteiger partial charge in [-0.1, -0.05) is 18.6 Å². The molecule has 0 saturated heterocycles. The normalized spacial score (nSPS) is 15.9. The lowest BCUT2D eigenvalue weighted by atomic mass is 9.97. The van der Waals surface area contributed by atoms with Crippen molar-refractivity contribution in [3.63, 3.8) is 0 Å². The molecule has 2 rings (SSSR count). The molecule has 0 radical (unpaired) electrons. The molecule has 1 N–H and O–H groups in total. The summed E-state index contributed by atoms with van der Waals surface area (Å²) in [6, 6.07) is 4.15. The molecular weight excluding hydrogens is 210 g/mol. The lowest BCUT2D eigenvalue weighted by Gasteiger charge is -2.12. The SMILES string of the molecule is CCc1ccc(CNCCC2=CCCCC2)o1. The van der Waals surface area contributed by atoms with Crippen LogP contribution in [0.2, 0.25) is 0 Å². The van der Waals surface area contributed by atoms with Gasteiger partial charge in [0.15, 0.2) is 0 Å². The van der Waals surface area contributed by atoms with Gasteiger partial charge in [-0.25, -0.2) is 0 Å². The van der Waals surface area contributed by atoms with E-state index in [4.69, 9.17) is 4.42 Å². The highest BCUT2D eigenvalue weighted by Crippen LogP contribution is 2.19. The van der Waals surface area contributed by atoms with Gasteiger partial charge in [0.25, 0.3) is 0 Å². The molecule has 94 valence electrons. The van der Waals surface area contributed by atoms with Crippen molar-refractivity contribution in [1.29, 1.82) is 0 Å². The second kappa shape index (κ2) is 6.65. The Morgan fingerprint density at radius 1 is 1.24 bits per heavy atom. The number of hydrogen-bond acceptors (Lipinski definition) is 2. The number of hydrogen-bond donors (Lipinski definition) is 1. The summed E-state index contributed by atoms with van der Waals surface area (Å²) in [4.78, 5) is 0. The van der Waals surface area contributed by atoms with E-state index in [-0.39, 0.29) is 0 Å². The van der Waals surface area contributed by atoms with Gasteiger partial charge in [-0.05, 0) is 50.8 Å². The van der Waals surface area contributed by atoms with Crippen molar-refractivity contribution in [3.8, 4) is 0 Å². The fourth-order valence-corrected chi connectivity index (χ4v) is 2.30. The molecule has 0 spiro atoms. The molecular formula is C15H23NO. The van der Waals surface area contributed by atoms with Crippen LogP contribution in [-0.2, 0) is 13.0 Å². The minimum atomic E-state index is 0.854.